The first kappa shape index (κ1) is 17.0. The highest BCUT2D eigenvalue weighted by Crippen LogP contribution is 2.30. The van der Waals surface area contributed by atoms with Gasteiger partial charge in [0.05, 0.1) is 6.04 Å². The molecule has 0 aliphatic heterocycles. The van der Waals surface area contributed by atoms with Gasteiger partial charge in [0.15, 0.2) is 6.61 Å². The molecule has 1 aliphatic rings. The van der Waals surface area contributed by atoms with E-state index in [1.807, 2.05) is 4.68 Å². The van der Waals surface area contributed by atoms with Crippen LogP contribution in [0.3, 0.4) is 0 Å². The molecular formula is C18H21N3O4. The van der Waals surface area contributed by atoms with Crippen LogP contribution in [0.1, 0.15) is 42.2 Å². The van der Waals surface area contributed by atoms with Crippen molar-refractivity contribution in [2.24, 2.45) is 0 Å². The molecule has 1 aliphatic carbocycles. The summed E-state index contributed by atoms with van der Waals surface area (Å²) in [6.45, 7) is -0.394. The van der Waals surface area contributed by atoms with E-state index in [0.29, 0.717) is 23.2 Å². The number of anilines is 1. The van der Waals surface area contributed by atoms with Crippen molar-refractivity contribution in [1.29, 1.82) is 0 Å². The van der Waals surface area contributed by atoms with E-state index in [9.17, 15) is 9.59 Å². The van der Waals surface area contributed by atoms with E-state index in [-0.39, 0.29) is 5.91 Å². The highest BCUT2D eigenvalue weighted by atomic mass is 16.5. The van der Waals surface area contributed by atoms with Gasteiger partial charge in [0.1, 0.15) is 11.4 Å². The lowest BCUT2D eigenvalue weighted by molar-refractivity contribution is -0.139. The van der Waals surface area contributed by atoms with E-state index in [0.717, 1.165) is 12.8 Å². The van der Waals surface area contributed by atoms with Gasteiger partial charge in [-0.25, -0.2) is 4.79 Å². The molecule has 0 spiro atoms. The standard InChI is InChI=1S/C18H21N3O4/c1-20(13-6-8-15(9-7-13)25-12-17(22)23)18(24)16-10-11-19-21(16)14-4-2-3-5-14/h6-11,14H,2-5,12H2,1H3,(H,22,23). The van der Waals surface area contributed by atoms with E-state index >= 15 is 0 Å². The van der Waals surface area contributed by atoms with Crippen molar-refractivity contribution >= 4 is 17.6 Å². The molecule has 2 aromatic rings. The molecule has 1 fully saturated rings. The molecule has 3 rings (SSSR count). The lowest BCUT2D eigenvalue weighted by Crippen LogP contribution is -2.29. The third kappa shape index (κ3) is 3.81. The Morgan fingerprint density at radius 3 is 2.56 bits per heavy atom. The minimum absolute atomic E-state index is 0.122. The van der Waals surface area contributed by atoms with Gasteiger partial charge in [-0.1, -0.05) is 12.8 Å². The molecule has 0 radical (unpaired) electrons. The van der Waals surface area contributed by atoms with Crippen LogP contribution in [0.25, 0.3) is 0 Å². The molecule has 7 heteroatoms. The average molecular weight is 343 g/mol. The van der Waals surface area contributed by atoms with Crippen molar-refractivity contribution in [2.45, 2.75) is 31.7 Å². The van der Waals surface area contributed by atoms with E-state index in [1.165, 1.54) is 12.8 Å². The predicted octanol–water partition coefficient (Wildman–Crippen LogP) is 2.74. The second-order valence-electron chi connectivity index (χ2n) is 6.14. The van der Waals surface area contributed by atoms with Crippen LogP contribution >= 0.6 is 0 Å². The zero-order valence-corrected chi connectivity index (χ0v) is 14.1. The number of aromatic nitrogens is 2. The summed E-state index contributed by atoms with van der Waals surface area (Å²) in [6.07, 6.45) is 6.13. The Balaban J connectivity index is 1.72. The summed E-state index contributed by atoms with van der Waals surface area (Å²) in [5.74, 6) is -0.705. The van der Waals surface area contributed by atoms with Crippen LogP contribution in [-0.2, 0) is 4.79 Å². The van der Waals surface area contributed by atoms with Crippen molar-refractivity contribution in [1.82, 2.24) is 9.78 Å². The van der Waals surface area contributed by atoms with E-state index in [1.54, 1.807) is 48.5 Å². The molecule has 1 saturated carbocycles. The summed E-state index contributed by atoms with van der Waals surface area (Å²) in [7, 11) is 1.71. The quantitative estimate of drug-likeness (QED) is 0.872. The number of carbonyl (C=O) groups excluding carboxylic acids is 1. The van der Waals surface area contributed by atoms with Gasteiger partial charge in [-0.3, -0.25) is 9.48 Å². The fourth-order valence-corrected chi connectivity index (χ4v) is 3.12. The Bertz CT molecular complexity index is 748. The first-order valence-corrected chi connectivity index (χ1v) is 8.32. The number of nitrogens with zero attached hydrogens (tertiary/aromatic N) is 3. The zero-order valence-electron chi connectivity index (χ0n) is 14.1. The van der Waals surface area contributed by atoms with Crippen LogP contribution in [0.4, 0.5) is 5.69 Å². The second kappa shape index (κ2) is 7.38. The van der Waals surface area contributed by atoms with Gasteiger partial charge in [-0.2, -0.15) is 5.10 Å². The number of ether oxygens (including phenoxy) is 1. The SMILES string of the molecule is CN(C(=O)c1ccnn1C1CCCC1)c1ccc(OCC(=O)O)cc1. The first-order chi connectivity index (χ1) is 12.1. The van der Waals surface area contributed by atoms with E-state index < -0.39 is 12.6 Å². The summed E-state index contributed by atoms with van der Waals surface area (Å²) >= 11 is 0. The summed E-state index contributed by atoms with van der Waals surface area (Å²) in [4.78, 5) is 24.9. The van der Waals surface area contributed by atoms with Crippen molar-refractivity contribution in [2.75, 3.05) is 18.6 Å². The number of hydrogen-bond acceptors (Lipinski definition) is 4. The summed E-state index contributed by atoms with van der Waals surface area (Å²) < 4.78 is 6.95. The Kier molecular flexibility index (Phi) is 5.02. The van der Waals surface area contributed by atoms with Crippen molar-refractivity contribution in [3.8, 4) is 5.75 Å². The van der Waals surface area contributed by atoms with Crippen molar-refractivity contribution < 1.29 is 19.4 Å². The van der Waals surface area contributed by atoms with Gasteiger partial charge in [0, 0.05) is 18.9 Å². The van der Waals surface area contributed by atoms with Crippen LogP contribution < -0.4 is 9.64 Å². The third-order valence-electron chi connectivity index (χ3n) is 4.45. The molecule has 0 saturated heterocycles. The van der Waals surface area contributed by atoms with Gasteiger partial charge >= 0.3 is 5.97 Å². The number of carboxylic acid groups (broad SMARTS) is 1. The molecule has 0 atom stereocenters. The van der Waals surface area contributed by atoms with Crippen LogP contribution in [0.2, 0.25) is 0 Å². The van der Waals surface area contributed by atoms with Crippen LogP contribution in [0.5, 0.6) is 5.75 Å². The largest absolute Gasteiger partial charge is 0.482 e. The van der Waals surface area contributed by atoms with Gasteiger partial charge in [0.25, 0.3) is 5.91 Å². The smallest absolute Gasteiger partial charge is 0.341 e. The van der Waals surface area contributed by atoms with Crippen LogP contribution in [-0.4, -0.2) is 40.4 Å². The summed E-state index contributed by atoms with van der Waals surface area (Å²) in [6, 6.07) is 8.80. The Morgan fingerprint density at radius 2 is 1.92 bits per heavy atom. The number of aliphatic carboxylic acids is 1. The molecule has 1 N–H and O–H groups in total. The first-order valence-electron chi connectivity index (χ1n) is 8.32. The Morgan fingerprint density at radius 1 is 1.24 bits per heavy atom. The van der Waals surface area contributed by atoms with Crippen molar-refractivity contribution in [3.63, 3.8) is 0 Å². The maximum absolute atomic E-state index is 12.8. The molecular weight excluding hydrogens is 322 g/mol. The molecule has 25 heavy (non-hydrogen) atoms. The molecule has 0 unspecified atom stereocenters. The zero-order chi connectivity index (χ0) is 17.8. The molecule has 1 aromatic heterocycles. The van der Waals surface area contributed by atoms with Crippen LogP contribution in [0, 0.1) is 0 Å². The fourth-order valence-electron chi connectivity index (χ4n) is 3.12. The maximum atomic E-state index is 12.8. The lowest BCUT2D eigenvalue weighted by Gasteiger charge is -2.20. The number of hydrogen-bond donors (Lipinski definition) is 1. The normalized spacial score (nSPS) is 14.4. The molecule has 7 nitrogen and oxygen atoms in total. The predicted molar refractivity (Wildman–Crippen MR) is 92.0 cm³/mol. The van der Waals surface area contributed by atoms with Gasteiger partial charge in [0.2, 0.25) is 0 Å². The number of benzene rings is 1. The Labute approximate surface area is 145 Å². The third-order valence-corrected chi connectivity index (χ3v) is 4.45. The topological polar surface area (TPSA) is 84.7 Å². The summed E-state index contributed by atoms with van der Waals surface area (Å²) in [5, 5.41) is 13.0. The number of rotatable bonds is 6. The average Bonchev–Trinajstić information content (AvgIpc) is 3.29. The van der Waals surface area contributed by atoms with Crippen molar-refractivity contribution in [3.05, 3.63) is 42.2 Å². The number of carbonyl (C=O) groups is 2. The van der Waals surface area contributed by atoms with Gasteiger partial charge < -0.3 is 14.7 Å². The molecule has 1 aromatic carbocycles. The summed E-state index contributed by atoms with van der Waals surface area (Å²) in [5.41, 5.74) is 1.28. The highest BCUT2D eigenvalue weighted by molar-refractivity contribution is 6.04. The monoisotopic (exact) mass is 343 g/mol. The highest BCUT2D eigenvalue weighted by Gasteiger charge is 2.24. The van der Waals surface area contributed by atoms with Crippen LogP contribution in [0.15, 0.2) is 36.5 Å². The van der Waals surface area contributed by atoms with Gasteiger partial charge in [-0.15, -0.1) is 0 Å². The minimum Gasteiger partial charge on any atom is -0.482 e. The Hall–Kier alpha value is -2.83. The lowest BCUT2D eigenvalue weighted by atomic mass is 10.2. The minimum atomic E-state index is -1.03. The number of amides is 1. The van der Waals surface area contributed by atoms with E-state index in [4.69, 9.17) is 9.84 Å². The van der Waals surface area contributed by atoms with E-state index in [2.05, 4.69) is 5.10 Å². The molecule has 1 amide bonds. The molecule has 1 heterocycles. The molecule has 132 valence electrons. The molecule has 0 bridgehead atoms. The maximum Gasteiger partial charge on any atom is 0.341 e. The fraction of sp³-hybridized carbons (Fsp3) is 0.389. The van der Waals surface area contributed by atoms with Gasteiger partial charge in [-0.05, 0) is 43.2 Å². The number of carboxylic acids is 1. The second-order valence-corrected chi connectivity index (χ2v) is 6.14.